The lowest BCUT2D eigenvalue weighted by atomic mass is 9.99. The number of hydrogen-bond acceptors (Lipinski definition) is 2. The zero-order valence-corrected chi connectivity index (χ0v) is 14.0. The first-order valence-electron chi connectivity index (χ1n) is 6.05. The lowest BCUT2D eigenvalue weighted by Gasteiger charge is -2.17. The molecule has 106 valence electrons. The highest BCUT2D eigenvalue weighted by molar-refractivity contribution is 9.10. The summed E-state index contributed by atoms with van der Waals surface area (Å²) in [6.07, 6.45) is 0.595. The van der Waals surface area contributed by atoms with Crippen LogP contribution in [0.15, 0.2) is 40.9 Å². The van der Waals surface area contributed by atoms with Crippen molar-refractivity contribution in [3.63, 3.8) is 0 Å². The van der Waals surface area contributed by atoms with Crippen LogP contribution < -0.4 is 10.5 Å². The van der Waals surface area contributed by atoms with Gasteiger partial charge < -0.3 is 10.5 Å². The van der Waals surface area contributed by atoms with E-state index in [0.29, 0.717) is 16.5 Å². The largest absolute Gasteiger partial charge is 0.496 e. The summed E-state index contributed by atoms with van der Waals surface area (Å²) in [4.78, 5) is 0. The Hall–Kier alpha value is -0.740. The molecular formula is C15H14BrCl2NO. The maximum absolute atomic E-state index is 6.28. The van der Waals surface area contributed by atoms with Gasteiger partial charge in [0.15, 0.2) is 0 Å². The highest BCUT2D eigenvalue weighted by Gasteiger charge is 2.15. The predicted molar refractivity (Wildman–Crippen MR) is 87.8 cm³/mol. The number of rotatable bonds is 4. The molecule has 0 aliphatic heterocycles. The average Bonchev–Trinajstić information content (AvgIpc) is 2.43. The predicted octanol–water partition coefficient (Wildman–Crippen LogP) is 5.01. The molecule has 0 aromatic heterocycles. The number of methoxy groups -OCH3 is 1. The molecular weight excluding hydrogens is 361 g/mol. The molecule has 1 unspecified atom stereocenters. The number of nitrogens with two attached hydrogens (primary N) is 1. The quantitative estimate of drug-likeness (QED) is 0.816. The van der Waals surface area contributed by atoms with E-state index in [9.17, 15) is 0 Å². The summed E-state index contributed by atoms with van der Waals surface area (Å²) >= 11 is 15.6. The molecule has 0 fully saturated rings. The van der Waals surface area contributed by atoms with Gasteiger partial charge in [0.2, 0.25) is 0 Å². The van der Waals surface area contributed by atoms with E-state index in [4.69, 9.17) is 33.7 Å². The summed E-state index contributed by atoms with van der Waals surface area (Å²) in [6.45, 7) is 0. The highest BCUT2D eigenvalue weighted by Crippen LogP contribution is 2.32. The molecule has 2 N–H and O–H groups in total. The second kappa shape index (κ2) is 6.81. The van der Waals surface area contributed by atoms with Crippen molar-refractivity contribution < 1.29 is 4.74 Å². The molecule has 0 aliphatic rings. The van der Waals surface area contributed by atoms with Crippen LogP contribution in [-0.4, -0.2) is 7.11 Å². The zero-order valence-electron chi connectivity index (χ0n) is 10.9. The molecule has 0 saturated carbocycles. The van der Waals surface area contributed by atoms with E-state index in [0.717, 1.165) is 21.3 Å². The van der Waals surface area contributed by atoms with Crippen LogP contribution in [-0.2, 0) is 6.42 Å². The summed E-state index contributed by atoms with van der Waals surface area (Å²) in [5.74, 6) is 0.755. The molecule has 0 saturated heterocycles. The molecule has 2 nitrogen and oxygen atoms in total. The Morgan fingerprint density at radius 1 is 1.25 bits per heavy atom. The van der Waals surface area contributed by atoms with Gasteiger partial charge in [-0.15, -0.1) is 0 Å². The standard InChI is InChI=1S/C15H14BrCl2NO/c1-20-14-8-10(16)5-6-11(14)13(19)7-9-3-2-4-12(17)15(9)18/h2-6,8,13H,7,19H2,1H3. The maximum atomic E-state index is 6.28. The van der Waals surface area contributed by atoms with E-state index in [-0.39, 0.29) is 6.04 Å². The van der Waals surface area contributed by atoms with E-state index in [1.165, 1.54) is 0 Å². The molecule has 20 heavy (non-hydrogen) atoms. The van der Waals surface area contributed by atoms with Gasteiger partial charge in [-0.25, -0.2) is 0 Å². The summed E-state index contributed by atoms with van der Waals surface area (Å²) in [7, 11) is 1.63. The van der Waals surface area contributed by atoms with Gasteiger partial charge in [-0.3, -0.25) is 0 Å². The van der Waals surface area contributed by atoms with E-state index >= 15 is 0 Å². The van der Waals surface area contributed by atoms with Crippen molar-refractivity contribution in [2.45, 2.75) is 12.5 Å². The Morgan fingerprint density at radius 2 is 2.00 bits per heavy atom. The molecule has 0 bridgehead atoms. The molecule has 0 spiro atoms. The Balaban J connectivity index is 2.28. The summed E-state index contributed by atoms with van der Waals surface area (Å²) < 4.78 is 6.32. The van der Waals surface area contributed by atoms with Gasteiger partial charge in [0.1, 0.15) is 5.75 Å². The van der Waals surface area contributed by atoms with Gasteiger partial charge in [-0.2, -0.15) is 0 Å². The highest BCUT2D eigenvalue weighted by atomic mass is 79.9. The topological polar surface area (TPSA) is 35.2 Å². The smallest absolute Gasteiger partial charge is 0.124 e. The van der Waals surface area contributed by atoms with Gasteiger partial charge in [0, 0.05) is 16.1 Å². The van der Waals surface area contributed by atoms with Gasteiger partial charge in [0.05, 0.1) is 17.2 Å². The number of ether oxygens (including phenoxy) is 1. The molecule has 2 aromatic carbocycles. The van der Waals surface area contributed by atoms with Gasteiger partial charge in [0.25, 0.3) is 0 Å². The first kappa shape index (κ1) is 15.6. The molecule has 0 heterocycles. The summed E-state index contributed by atoms with van der Waals surface area (Å²) in [5, 5.41) is 1.10. The van der Waals surface area contributed by atoms with Crippen molar-refractivity contribution >= 4 is 39.1 Å². The third kappa shape index (κ3) is 3.47. The minimum atomic E-state index is -0.214. The van der Waals surface area contributed by atoms with Crippen molar-refractivity contribution in [2.75, 3.05) is 7.11 Å². The summed E-state index contributed by atoms with van der Waals surface area (Å²) in [5.41, 5.74) is 8.14. The van der Waals surface area contributed by atoms with E-state index in [1.807, 2.05) is 30.3 Å². The van der Waals surface area contributed by atoms with Crippen LogP contribution in [0.3, 0.4) is 0 Å². The average molecular weight is 375 g/mol. The van der Waals surface area contributed by atoms with Crippen molar-refractivity contribution in [3.8, 4) is 5.75 Å². The second-order valence-electron chi connectivity index (χ2n) is 4.41. The minimum absolute atomic E-state index is 0.214. The molecule has 2 aromatic rings. The molecule has 1 atom stereocenters. The van der Waals surface area contributed by atoms with Crippen molar-refractivity contribution in [2.24, 2.45) is 5.73 Å². The van der Waals surface area contributed by atoms with Gasteiger partial charge in [-0.1, -0.05) is 57.3 Å². The lowest BCUT2D eigenvalue weighted by molar-refractivity contribution is 0.405. The van der Waals surface area contributed by atoms with Crippen LogP contribution in [0, 0.1) is 0 Å². The van der Waals surface area contributed by atoms with Gasteiger partial charge >= 0.3 is 0 Å². The third-order valence-electron chi connectivity index (χ3n) is 3.07. The molecule has 5 heteroatoms. The Morgan fingerprint density at radius 3 is 2.70 bits per heavy atom. The van der Waals surface area contributed by atoms with Crippen molar-refractivity contribution in [1.29, 1.82) is 0 Å². The Kier molecular flexibility index (Phi) is 5.33. The van der Waals surface area contributed by atoms with Crippen LogP contribution in [0.2, 0.25) is 10.0 Å². The van der Waals surface area contributed by atoms with Crippen LogP contribution in [0.25, 0.3) is 0 Å². The minimum Gasteiger partial charge on any atom is -0.496 e. The molecule has 2 rings (SSSR count). The normalized spacial score (nSPS) is 12.2. The van der Waals surface area contributed by atoms with Crippen LogP contribution >= 0.6 is 39.1 Å². The number of benzene rings is 2. The Bertz CT molecular complexity index is 619. The number of halogens is 3. The van der Waals surface area contributed by atoms with Crippen LogP contribution in [0.5, 0.6) is 5.75 Å². The van der Waals surface area contributed by atoms with Gasteiger partial charge in [-0.05, 0) is 30.2 Å². The van der Waals surface area contributed by atoms with Crippen LogP contribution in [0.4, 0.5) is 0 Å². The summed E-state index contributed by atoms with van der Waals surface area (Å²) in [6, 6.07) is 11.1. The number of hydrogen-bond donors (Lipinski definition) is 1. The fourth-order valence-corrected chi connectivity index (χ4v) is 2.78. The first-order chi connectivity index (χ1) is 9.52. The second-order valence-corrected chi connectivity index (χ2v) is 6.11. The molecule has 0 radical (unpaired) electrons. The third-order valence-corrected chi connectivity index (χ3v) is 4.42. The first-order valence-corrected chi connectivity index (χ1v) is 7.59. The lowest BCUT2D eigenvalue weighted by Crippen LogP contribution is -2.14. The fraction of sp³-hybridized carbons (Fsp3) is 0.200. The Labute approximate surface area is 137 Å². The molecule has 0 aliphatic carbocycles. The zero-order chi connectivity index (χ0) is 14.7. The van der Waals surface area contributed by atoms with E-state index in [1.54, 1.807) is 13.2 Å². The maximum Gasteiger partial charge on any atom is 0.124 e. The van der Waals surface area contributed by atoms with E-state index in [2.05, 4.69) is 15.9 Å². The SMILES string of the molecule is COc1cc(Br)ccc1C(N)Cc1cccc(Cl)c1Cl. The van der Waals surface area contributed by atoms with Crippen molar-refractivity contribution in [3.05, 3.63) is 62.0 Å². The monoisotopic (exact) mass is 373 g/mol. The molecule has 0 amide bonds. The van der Waals surface area contributed by atoms with Crippen LogP contribution in [0.1, 0.15) is 17.2 Å². The van der Waals surface area contributed by atoms with Crippen molar-refractivity contribution in [1.82, 2.24) is 0 Å². The fourth-order valence-electron chi connectivity index (χ4n) is 2.04. The van der Waals surface area contributed by atoms with E-state index < -0.39 is 0 Å².